The average Bonchev–Trinajstić information content (AvgIpc) is 2.94. The molecule has 0 spiro atoms. The minimum atomic E-state index is 0.516. The Morgan fingerprint density at radius 3 is 2.67 bits per heavy atom. The maximum absolute atomic E-state index is 5.76. The van der Waals surface area contributed by atoms with Gasteiger partial charge in [-0.2, -0.15) is 0 Å². The van der Waals surface area contributed by atoms with Crippen LogP contribution < -0.4 is 10.1 Å². The Morgan fingerprint density at radius 2 is 2.05 bits per heavy atom. The Morgan fingerprint density at radius 1 is 1.29 bits per heavy atom. The van der Waals surface area contributed by atoms with E-state index in [0.717, 1.165) is 47.5 Å². The topological polar surface area (TPSA) is 21.3 Å². The molecule has 0 heterocycles. The summed E-state index contributed by atoms with van der Waals surface area (Å²) in [5.74, 6) is 3.77. The SMILES string of the molecule is CCCOc1ccc(C(NCC)C2C3CCCC32)cc1Br. The summed E-state index contributed by atoms with van der Waals surface area (Å²) in [6.07, 6.45) is 5.37. The third-order valence-electron chi connectivity index (χ3n) is 5.06. The van der Waals surface area contributed by atoms with E-state index in [1.165, 1.54) is 24.8 Å². The number of ether oxygens (including phenoxy) is 1. The molecule has 0 bridgehead atoms. The predicted octanol–water partition coefficient (Wildman–Crippen LogP) is 4.93. The van der Waals surface area contributed by atoms with Crippen LogP contribution >= 0.6 is 15.9 Å². The highest BCUT2D eigenvalue weighted by atomic mass is 79.9. The van der Waals surface area contributed by atoms with Crippen molar-refractivity contribution >= 4 is 15.9 Å². The molecule has 2 nitrogen and oxygen atoms in total. The fourth-order valence-corrected chi connectivity index (χ4v) is 4.62. The summed E-state index contributed by atoms with van der Waals surface area (Å²) in [6, 6.07) is 7.14. The molecule has 1 N–H and O–H groups in total. The van der Waals surface area contributed by atoms with Crippen LogP contribution in [0.3, 0.4) is 0 Å². The molecule has 116 valence electrons. The third kappa shape index (κ3) is 3.14. The molecule has 1 aromatic rings. The molecule has 0 amide bonds. The molecule has 2 aliphatic rings. The van der Waals surface area contributed by atoms with Gasteiger partial charge in [0.25, 0.3) is 0 Å². The Kier molecular flexibility index (Phi) is 4.90. The van der Waals surface area contributed by atoms with Gasteiger partial charge in [0.1, 0.15) is 5.75 Å². The van der Waals surface area contributed by atoms with Crippen molar-refractivity contribution in [3.05, 3.63) is 28.2 Å². The highest BCUT2D eigenvalue weighted by Crippen LogP contribution is 2.62. The van der Waals surface area contributed by atoms with Gasteiger partial charge >= 0.3 is 0 Å². The van der Waals surface area contributed by atoms with Crippen LogP contribution in [0.15, 0.2) is 22.7 Å². The molecule has 3 atom stereocenters. The predicted molar refractivity (Wildman–Crippen MR) is 90.7 cm³/mol. The van der Waals surface area contributed by atoms with Gasteiger partial charge in [-0.05, 0) is 77.2 Å². The van der Waals surface area contributed by atoms with Gasteiger partial charge in [-0.15, -0.1) is 0 Å². The highest BCUT2D eigenvalue weighted by molar-refractivity contribution is 9.10. The van der Waals surface area contributed by atoms with E-state index in [4.69, 9.17) is 4.74 Å². The summed E-state index contributed by atoms with van der Waals surface area (Å²) >= 11 is 3.67. The Labute approximate surface area is 136 Å². The first kappa shape index (κ1) is 15.4. The van der Waals surface area contributed by atoms with Gasteiger partial charge in [-0.25, -0.2) is 0 Å². The van der Waals surface area contributed by atoms with Gasteiger partial charge in [-0.1, -0.05) is 26.3 Å². The summed E-state index contributed by atoms with van der Waals surface area (Å²) in [7, 11) is 0. The van der Waals surface area contributed by atoms with Crippen LogP contribution in [0.5, 0.6) is 5.75 Å². The van der Waals surface area contributed by atoms with Crippen LogP contribution in [0, 0.1) is 17.8 Å². The molecule has 0 saturated heterocycles. The number of halogens is 1. The molecule has 3 unspecified atom stereocenters. The minimum absolute atomic E-state index is 0.516. The van der Waals surface area contributed by atoms with Gasteiger partial charge < -0.3 is 10.1 Å². The number of hydrogen-bond donors (Lipinski definition) is 1. The van der Waals surface area contributed by atoms with E-state index in [1.54, 1.807) is 0 Å². The normalized spacial score (nSPS) is 28.2. The lowest BCUT2D eigenvalue weighted by molar-refractivity contribution is 0.315. The summed E-state index contributed by atoms with van der Waals surface area (Å²) in [6.45, 7) is 6.15. The van der Waals surface area contributed by atoms with E-state index < -0.39 is 0 Å². The van der Waals surface area contributed by atoms with Crippen LogP contribution in [0.4, 0.5) is 0 Å². The zero-order valence-corrected chi connectivity index (χ0v) is 14.7. The van der Waals surface area contributed by atoms with Gasteiger partial charge in [-0.3, -0.25) is 0 Å². The van der Waals surface area contributed by atoms with Crippen LogP contribution in [0.1, 0.15) is 51.1 Å². The lowest BCUT2D eigenvalue weighted by Gasteiger charge is -2.21. The summed E-state index contributed by atoms with van der Waals surface area (Å²) in [4.78, 5) is 0. The average molecular weight is 352 g/mol. The Hall–Kier alpha value is -0.540. The molecule has 0 aliphatic heterocycles. The smallest absolute Gasteiger partial charge is 0.133 e. The van der Waals surface area contributed by atoms with Crippen LogP contribution in [-0.4, -0.2) is 13.2 Å². The van der Waals surface area contributed by atoms with Crippen molar-refractivity contribution < 1.29 is 4.74 Å². The lowest BCUT2D eigenvalue weighted by atomic mass is 9.96. The summed E-state index contributed by atoms with van der Waals surface area (Å²) in [5.41, 5.74) is 1.41. The van der Waals surface area contributed by atoms with Crippen molar-refractivity contribution in [2.24, 2.45) is 17.8 Å². The van der Waals surface area contributed by atoms with E-state index in [9.17, 15) is 0 Å². The highest BCUT2D eigenvalue weighted by Gasteiger charge is 2.55. The first-order valence-corrected chi connectivity index (χ1v) is 9.21. The molecule has 21 heavy (non-hydrogen) atoms. The van der Waals surface area contributed by atoms with Crippen LogP contribution in [-0.2, 0) is 0 Å². The first-order valence-electron chi connectivity index (χ1n) is 8.41. The molecular formula is C18H26BrNO. The van der Waals surface area contributed by atoms with E-state index in [0.29, 0.717) is 6.04 Å². The molecule has 1 aromatic carbocycles. The van der Waals surface area contributed by atoms with Crippen molar-refractivity contribution in [2.45, 2.75) is 45.6 Å². The standard InChI is InChI=1S/C18H26BrNO/c1-3-10-21-16-9-8-12(11-15(16)19)18(20-4-2)17-13-6-5-7-14(13)17/h8-9,11,13-14,17-18,20H,3-7,10H2,1-2H3. The summed E-state index contributed by atoms with van der Waals surface area (Å²) in [5, 5.41) is 3.72. The molecule has 2 fully saturated rings. The third-order valence-corrected chi connectivity index (χ3v) is 5.68. The molecule has 0 aromatic heterocycles. The second kappa shape index (κ2) is 6.70. The lowest BCUT2D eigenvalue weighted by Crippen LogP contribution is -2.24. The Bertz CT molecular complexity index is 480. The van der Waals surface area contributed by atoms with E-state index in [1.807, 2.05) is 0 Å². The zero-order chi connectivity index (χ0) is 14.8. The van der Waals surface area contributed by atoms with Crippen molar-refractivity contribution in [3.8, 4) is 5.75 Å². The maximum atomic E-state index is 5.76. The first-order chi connectivity index (χ1) is 10.3. The maximum Gasteiger partial charge on any atom is 0.133 e. The van der Waals surface area contributed by atoms with Gasteiger partial charge in [0.15, 0.2) is 0 Å². The van der Waals surface area contributed by atoms with Crippen molar-refractivity contribution in [2.75, 3.05) is 13.2 Å². The number of nitrogens with one attached hydrogen (secondary N) is 1. The number of fused-ring (bicyclic) bond motifs is 1. The van der Waals surface area contributed by atoms with E-state index in [2.05, 4.69) is 53.3 Å². The van der Waals surface area contributed by atoms with Crippen molar-refractivity contribution in [1.29, 1.82) is 0 Å². The van der Waals surface area contributed by atoms with Crippen molar-refractivity contribution in [1.82, 2.24) is 5.32 Å². The van der Waals surface area contributed by atoms with Gasteiger partial charge in [0.05, 0.1) is 11.1 Å². The van der Waals surface area contributed by atoms with E-state index >= 15 is 0 Å². The fourth-order valence-electron chi connectivity index (χ4n) is 4.11. The molecule has 2 saturated carbocycles. The second-order valence-corrected chi connectivity index (χ2v) is 7.26. The van der Waals surface area contributed by atoms with Crippen LogP contribution in [0.25, 0.3) is 0 Å². The molecule has 3 rings (SSSR count). The quantitative estimate of drug-likeness (QED) is 0.751. The monoisotopic (exact) mass is 351 g/mol. The summed E-state index contributed by atoms with van der Waals surface area (Å²) < 4.78 is 6.85. The number of rotatable bonds is 7. The van der Waals surface area contributed by atoms with Crippen molar-refractivity contribution in [3.63, 3.8) is 0 Å². The molecule has 2 aliphatic carbocycles. The van der Waals surface area contributed by atoms with Gasteiger partial charge in [0, 0.05) is 6.04 Å². The minimum Gasteiger partial charge on any atom is -0.492 e. The number of benzene rings is 1. The molecule has 3 heteroatoms. The van der Waals surface area contributed by atoms with E-state index in [-0.39, 0.29) is 0 Å². The van der Waals surface area contributed by atoms with Crippen LogP contribution in [0.2, 0.25) is 0 Å². The van der Waals surface area contributed by atoms with Gasteiger partial charge in [0.2, 0.25) is 0 Å². The molecule has 0 radical (unpaired) electrons. The zero-order valence-electron chi connectivity index (χ0n) is 13.1. The number of hydrogen-bond acceptors (Lipinski definition) is 2. The fraction of sp³-hybridized carbons (Fsp3) is 0.667. The largest absolute Gasteiger partial charge is 0.492 e. The molecular weight excluding hydrogens is 326 g/mol. The Balaban J connectivity index is 1.75. The second-order valence-electron chi connectivity index (χ2n) is 6.41.